The van der Waals surface area contributed by atoms with E-state index in [1.165, 1.54) is 19.2 Å². The first-order valence-corrected chi connectivity index (χ1v) is 7.49. The van der Waals surface area contributed by atoms with E-state index in [1.807, 2.05) is 6.07 Å². The van der Waals surface area contributed by atoms with Crippen LogP contribution in [-0.2, 0) is 14.8 Å². The normalized spacial score (nSPS) is 11.6. The van der Waals surface area contributed by atoms with Crippen LogP contribution in [0.15, 0.2) is 23.1 Å². The molecule has 0 aliphatic carbocycles. The highest BCUT2D eigenvalue weighted by molar-refractivity contribution is 7.89. The summed E-state index contributed by atoms with van der Waals surface area (Å²) in [5, 5.41) is 8.61. The van der Waals surface area contributed by atoms with Gasteiger partial charge in [0, 0.05) is 26.6 Å². The Bertz CT molecular complexity index is 596. The van der Waals surface area contributed by atoms with E-state index in [0.29, 0.717) is 5.56 Å². The topological polar surface area (TPSA) is 70.4 Å². The number of hydrogen-bond donors (Lipinski definition) is 0. The molecule has 0 aliphatic heterocycles. The molecule has 0 unspecified atom stereocenters. The van der Waals surface area contributed by atoms with Gasteiger partial charge < -0.3 is 4.74 Å². The summed E-state index contributed by atoms with van der Waals surface area (Å²) in [6.45, 7) is 1.98. The molecule has 0 saturated carbocycles. The molecule has 0 amide bonds. The molecule has 0 aromatic heterocycles. The molecule has 0 heterocycles. The minimum atomic E-state index is -3.84. The van der Waals surface area contributed by atoms with Crippen molar-refractivity contribution in [1.29, 1.82) is 5.26 Å². The average Bonchev–Trinajstić information content (AvgIpc) is 2.41. The highest BCUT2D eigenvalue weighted by Crippen LogP contribution is 2.21. The summed E-state index contributed by atoms with van der Waals surface area (Å²) in [5.41, 5.74) is 0.464. The maximum Gasteiger partial charge on any atom is 0.243 e. The van der Waals surface area contributed by atoms with Gasteiger partial charge >= 0.3 is 0 Å². The molecular formula is C13H17FN2O3S. The molecule has 0 saturated heterocycles. The van der Waals surface area contributed by atoms with Crippen molar-refractivity contribution in [3.8, 4) is 6.07 Å². The fourth-order valence-electron chi connectivity index (χ4n) is 1.71. The van der Waals surface area contributed by atoms with Crippen LogP contribution in [0.1, 0.15) is 12.0 Å². The molecule has 5 nitrogen and oxygen atoms in total. The number of halogens is 1. The van der Waals surface area contributed by atoms with Crippen LogP contribution in [0.3, 0.4) is 0 Å². The number of methoxy groups -OCH3 is 1. The van der Waals surface area contributed by atoms with Crippen LogP contribution in [0.5, 0.6) is 0 Å². The van der Waals surface area contributed by atoms with Gasteiger partial charge in [-0.2, -0.15) is 9.57 Å². The van der Waals surface area contributed by atoms with E-state index < -0.39 is 15.8 Å². The Balaban J connectivity index is 3.14. The fourth-order valence-corrected chi connectivity index (χ4v) is 3.37. The van der Waals surface area contributed by atoms with E-state index in [-0.39, 0.29) is 31.0 Å². The first-order valence-electron chi connectivity index (χ1n) is 6.05. The predicted molar refractivity (Wildman–Crippen MR) is 72.0 cm³/mol. The van der Waals surface area contributed by atoms with Crippen molar-refractivity contribution in [3.63, 3.8) is 0 Å². The Kier molecular flexibility index (Phi) is 6.07. The molecular weight excluding hydrogens is 283 g/mol. The smallest absolute Gasteiger partial charge is 0.243 e. The van der Waals surface area contributed by atoms with Crippen LogP contribution in [0.25, 0.3) is 0 Å². The highest BCUT2D eigenvalue weighted by Gasteiger charge is 2.26. The molecule has 0 N–H and O–H groups in total. The first-order chi connectivity index (χ1) is 9.43. The molecule has 110 valence electrons. The maximum absolute atomic E-state index is 13.3. The SMILES string of the molecule is COCCN(CCC#N)S(=O)(=O)c1cc(F)ccc1C. The Morgan fingerprint density at radius 2 is 2.10 bits per heavy atom. The van der Waals surface area contributed by atoms with Crippen LogP contribution >= 0.6 is 0 Å². The summed E-state index contributed by atoms with van der Waals surface area (Å²) in [5.74, 6) is -0.610. The predicted octanol–water partition coefficient (Wildman–Crippen LogP) is 1.68. The molecule has 0 spiro atoms. The van der Waals surface area contributed by atoms with Crippen LogP contribution < -0.4 is 0 Å². The molecule has 0 aliphatic rings. The van der Waals surface area contributed by atoms with Gasteiger partial charge in [-0.15, -0.1) is 0 Å². The zero-order chi connectivity index (χ0) is 15.2. The minimum absolute atomic E-state index is 0.0537. The van der Waals surface area contributed by atoms with Gasteiger partial charge in [-0.1, -0.05) is 6.07 Å². The van der Waals surface area contributed by atoms with Crippen molar-refractivity contribution >= 4 is 10.0 Å². The second-order valence-corrected chi connectivity index (χ2v) is 6.12. The minimum Gasteiger partial charge on any atom is -0.383 e. The number of nitrogens with zero attached hydrogens (tertiary/aromatic N) is 2. The largest absolute Gasteiger partial charge is 0.383 e. The summed E-state index contributed by atoms with van der Waals surface area (Å²) < 4.78 is 44.3. The van der Waals surface area contributed by atoms with Crippen molar-refractivity contribution in [1.82, 2.24) is 4.31 Å². The number of rotatable bonds is 7. The molecule has 0 bridgehead atoms. The van der Waals surface area contributed by atoms with Gasteiger partial charge in [0.25, 0.3) is 0 Å². The van der Waals surface area contributed by atoms with Gasteiger partial charge in [0.05, 0.1) is 17.6 Å². The van der Waals surface area contributed by atoms with E-state index in [1.54, 1.807) is 6.92 Å². The third-order valence-electron chi connectivity index (χ3n) is 2.79. The second-order valence-electron chi connectivity index (χ2n) is 4.21. The van der Waals surface area contributed by atoms with Gasteiger partial charge in [0.1, 0.15) is 5.82 Å². The molecule has 1 rings (SSSR count). The Morgan fingerprint density at radius 3 is 2.70 bits per heavy atom. The monoisotopic (exact) mass is 300 g/mol. The number of sulfonamides is 1. The average molecular weight is 300 g/mol. The molecule has 0 fully saturated rings. The van der Waals surface area contributed by atoms with Gasteiger partial charge in [-0.25, -0.2) is 12.8 Å². The van der Waals surface area contributed by atoms with Crippen LogP contribution in [0.4, 0.5) is 4.39 Å². The van der Waals surface area contributed by atoms with E-state index in [2.05, 4.69) is 0 Å². The first kappa shape index (κ1) is 16.6. The van der Waals surface area contributed by atoms with Gasteiger partial charge in [-0.05, 0) is 24.6 Å². The van der Waals surface area contributed by atoms with Crippen molar-refractivity contribution < 1.29 is 17.5 Å². The van der Waals surface area contributed by atoms with Crippen LogP contribution in [0, 0.1) is 24.1 Å². The second kappa shape index (κ2) is 7.33. The lowest BCUT2D eigenvalue weighted by Gasteiger charge is -2.21. The van der Waals surface area contributed by atoms with Gasteiger partial charge in [0.15, 0.2) is 0 Å². The number of ether oxygens (including phenoxy) is 1. The van der Waals surface area contributed by atoms with Crippen LogP contribution in [0.2, 0.25) is 0 Å². The quantitative estimate of drug-likeness (QED) is 0.768. The zero-order valence-electron chi connectivity index (χ0n) is 11.5. The Labute approximate surface area is 118 Å². The fraction of sp³-hybridized carbons (Fsp3) is 0.462. The lowest BCUT2D eigenvalue weighted by Crippen LogP contribution is -2.35. The van der Waals surface area contributed by atoms with Crippen molar-refractivity contribution in [2.75, 3.05) is 26.8 Å². The molecule has 1 aromatic carbocycles. The third kappa shape index (κ3) is 4.00. The molecule has 0 atom stereocenters. The van der Waals surface area contributed by atoms with Crippen LogP contribution in [-0.4, -0.2) is 39.5 Å². The van der Waals surface area contributed by atoms with Crippen molar-refractivity contribution in [2.45, 2.75) is 18.2 Å². The number of benzene rings is 1. The van der Waals surface area contributed by atoms with Gasteiger partial charge in [0.2, 0.25) is 10.0 Å². The Hall–Kier alpha value is -1.49. The summed E-state index contributed by atoms with van der Waals surface area (Å²) in [6, 6.07) is 5.53. The van der Waals surface area contributed by atoms with E-state index in [9.17, 15) is 12.8 Å². The molecule has 20 heavy (non-hydrogen) atoms. The summed E-state index contributed by atoms with van der Waals surface area (Å²) in [4.78, 5) is -0.0773. The Morgan fingerprint density at radius 1 is 1.40 bits per heavy atom. The molecule has 7 heteroatoms. The maximum atomic E-state index is 13.3. The number of nitriles is 1. The van der Waals surface area contributed by atoms with E-state index in [4.69, 9.17) is 10.00 Å². The van der Waals surface area contributed by atoms with Crippen molar-refractivity contribution in [3.05, 3.63) is 29.6 Å². The summed E-state index contributed by atoms with van der Waals surface area (Å²) in [7, 11) is -2.38. The standard InChI is InChI=1S/C13H17FN2O3S/c1-11-4-5-12(14)10-13(11)20(17,18)16(7-3-6-15)8-9-19-2/h4-5,10H,3,7-9H2,1-2H3. The van der Waals surface area contributed by atoms with E-state index >= 15 is 0 Å². The number of hydrogen-bond acceptors (Lipinski definition) is 4. The summed E-state index contributed by atoms with van der Waals surface area (Å²) in [6.07, 6.45) is 0.0668. The van der Waals surface area contributed by atoms with Gasteiger partial charge in [-0.3, -0.25) is 0 Å². The molecule has 1 aromatic rings. The third-order valence-corrected chi connectivity index (χ3v) is 4.83. The lowest BCUT2D eigenvalue weighted by molar-refractivity contribution is 0.179. The number of aryl methyl sites for hydroxylation is 1. The zero-order valence-corrected chi connectivity index (χ0v) is 12.3. The summed E-state index contributed by atoms with van der Waals surface area (Å²) >= 11 is 0. The highest BCUT2D eigenvalue weighted by atomic mass is 32.2. The molecule has 0 radical (unpaired) electrons. The lowest BCUT2D eigenvalue weighted by atomic mass is 10.2. The van der Waals surface area contributed by atoms with E-state index in [0.717, 1.165) is 10.4 Å². The van der Waals surface area contributed by atoms with Crippen molar-refractivity contribution in [2.24, 2.45) is 0 Å².